The molecule has 0 aliphatic heterocycles. The highest BCUT2D eigenvalue weighted by Gasteiger charge is 2.21. The monoisotopic (exact) mass is 374 g/mol. The average molecular weight is 374 g/mol. The van der Waals surface area contributed by atoms with Crippen LogP contribution in [0.1, 0.15) is 24.2 Å². The molecule has 9 nitrogen and oxygen atoms in total. The van der Waals surface area contributed by atoms with Crippen molar-refractivity contribution in [3.8, 4) is 17.2 Å². The van der Waals surface area contributed by atoms with Crippen LogP contribution in [-0.4, -0.2) is 39.2 Å². The molecule has 0 saturated heterocycles. The van der Waals surface area contributed by atoms with Crippen LogP contribution >= 0.6 is 0 Å². The predicted molar refractivity (Wildman–Crippen MR) is 95.7 cm³/mol. The summed E-state index contributed by atoms with van der Waals surface area (Å²) in [7, 11) is 0. The van der Waals surface area contributed by atoms with E-state index in [0.717, 1.165) is 12.1 Å². The van der Waals surface area contributed by atoms with E-state index in [1.807, 2.05) is 0 Å². The van der Waals surface area contributed by atoms with Crippen LogP contribution in [0.2, 0.25) is 0 Å². The van der Waals surface area contributed by atoms with Crippen LogP contribution in [0, 0.1) is 0 Å². The largest absolute Gasteiger partial charge is 0.504 e. The molecule has 0 aliphatic rings. The highest BCUT2D eigenvalue weighted by molar-refractivity contribution is 5.98. The molecule has 2 aromatic carbocycles. The Morgan fingerprint density at radius 3 is 1.89 bits per heavy atom. The third kappa shape index (κ3) is 5.11. The second-order valence-electron chi connectivity index (χ2n) is 5.66. The number of carbonyl (C=O) groups excluding carboxylic acids is 3. The molecule has 0 aromatic heterocycles. The van der Waals surface area contributed by atoms with Gasteiger partial charge in [0.05, 0.1) is 5.56 Å². The van der Waals surface area contributed by atoms with Gasteiger partial charge in [-0.15, -0.1) is 0 Å². The fraction of sp³-hybridized carbons (Fsp3) is 0.167. The molecule has 27 heavy (non-hydrogen) atoms. The molecule has 5 N–H and O–H groups in total. The number of phenols is 3. The Balaban J connectivity index is 1.99. The Morgan fingerprint density at radius 2 is 1.41 bits per heavy atom. The number of hydrogen-bond donors (Lipinski definition) is 5. The van der Waals surface area contributed by atoms with Crippen LogP contribution in [-0.2, 0) is 14.3 Å². The Morgan fingerprint density at radius 1 is 0.926 bits per heavy atom. The first-order valence-corrected chi connectivity index (χ1v) is 7.82. The van der Waals surface area contributed by atoms with Crippen molar-refractivity contribution in [1.29, 1.82) is 0 Å². The number of rotatable bonds is 5. The fourth-order valence-electron chi connectivity index (χ4n) is 2.09. The molecule has 0 spiro atoms. The zero-order chi connectivity index (χ0) is 20.1. The maximum atomic E-state index is 12.1. The number of amides is 2. The lowest BCUT2D eigenvalue weighted by atomic mass is 10.2. The second-order valence-corrected chi connectivity index (χ2v) is 5.66. The van der Waals surface area contributed by atoms with Crippen LogP contribution in [0.15, 0.2) is 36.4 Å². The second kappa shape index (κ2) is 8.09. The van der Waals surface area contributed by atoms with Crippen LogP contribution in [0.5, 0.6) is 17.2 Å². The summed E-state index contributed by atoms with van der Waals surface area (Å²) in [6.45, 7) is 2.72. The van der Waals surface area contributed by atoms with E-state index in [2.05, 4.69) is 10.6 Å². The van der Waals surface area contributed by atoms with Gasteiger partial charge in [0.2, 0.25) is 5.91 Å². The van der Waals surface area contributed by atoms with Crippen molar-refractivity contribution >= 4 is 29.2 Å². The van der Waals surface area contributed by atoms with Crippen molar-refractivity contribution < 1.29 is 34.4 Å². The topological polar surface area (TPSA) is 145 Å². The number of hydrogen-bond acceptors (Lipinski definition) is 7. The molecule has 2 rings (SSSR count). The van der Waals surface area contributed by atoms with Gasteiger partial charge in [0.25, 0.3) is 5.91 Å². The van der Waals surface area contributed by atoms with Crippen LogP contribution in [0.3, 0.4) is 0 Å². The molecule has 9 heteroatoms. The molecule has 0 heterocycles. The average Bonchev–Trinajstić information content (AvgIpc) is 2.60. The summed E-state index contributed by atoms with van der Waals surface area (Å²) in [5.74, 6) is -3.96. The third-order valence-electron chi connectivity index (χ3n) is 3.43. The molecular weight excluding hydrogens is 356 g/mol. The van der Waals surface area contributed by atoms with E-state index in [4.69, 9.17) is 4.74 Å². The van der Waals surface area contributed by atoms with E-state index in [1.54, 1.807) is 24.3 Å². The summed E-state index contributed by atoms with van der Waals surface area (Å²) in [5.41, 5.74) is 0.756. The first kappa shape index (κ1) is 19.6. The number of esters is 1. The summed E-state index contributed by atoms with van der Waals surface area (Å²) in [4.78, 5) is 35.1. The van der Waals surface area contributed by atoms with E-state index < -0.39 is 35.2 Å². The molecule has 142 valence electrons. The molecule has 2 aromatic rings. The Hall–Kier alpha value is -3.75. The molecule has 1 unspecified atom stereocenters. The third-order valence-corrected chi connectivity index (χ3v) is 3.43. The van der Waals surface area contributed by atoms with Crippen LogP contribution in [0.4, 0.5) is 11.4 Å². The predicted octanol–water partition coefficient (Wildman–Crippen LogP) is 1.95. The van der Waals surface area contributed by atoms with Gasteiger partial charge in [-0.1, -0.05) is 0 Å². The van der Waals surface area contributed by atoms with Crippen LogP contribution in [0.25, 0.3) is 0 Å². The SMILES string of the molecule is CC(=O)Nc1ccc(NC(=O)C(C)OC(=O)c2cc(O)c(O)c(O)c2)cc1. The molecule has 0 saturated carbocycles. The van der Waals surface area contributed by atoms with Crippen LogP contribution < -0.4 is 10.6 Å². The number of ether oxygens (including phenoxy) is 1. The van der Waals surface area contributed by atoms with Gasteiger partial charge in [-0.25, -0.2) is 4.79 Å². The summed E-state index contributed by atoms with van der Waals surface area (Å²) < 4.78 is 4.98. The minimum Gasteiger partial charge on any atom is -0.504 e. The number of phenolic OH excluding ortho intramolecular Hbond substituents is 3. The summed E-state index contributed by atoms with van der Waals surface area (Å²) in [5, 5.41) is 33.2. The summed E-state index contributed by atoms with van der Waals surface area (Å²) in [6, 6.07) is 8.12. The molecule has 0 radical (unpaired) electrons. The molecule has 0 aliphatic carbocycles. The first-order valence-electron chi connectivity index (χ1n) is 7.82. The number of benzene rings is 2. The highest BCUT2D eigenvalue weighted by Crippen LogP contribution is 2.35. The quantitative estimate of drug-likeness (QED) is 0.397. The van der Waals surface area contributed by atoms with Crippen molar-refractivity contribution in [2.45, 2.75) is 20.0 Å². The lowest BCUT2D eigenvalue weighted by Gasteiger charge is -2.14. The molecule has 1 atom stereocenters. The Kier molecular flexibility index (Phi) is 5.86. The molecule has 0 fully saturated rings. The zero-order valence-electron chi connectivity index (χ0n) is 14.5. The van der Waals surface area contributed by atoms with Gasteiger partial charge in [0.1, 0.15) is 0 Å². The van der Waals surface area contributed by atoms with E-state index in [1.165, 1.54) is 13.8 Å². The summed E-state index contributed by atoms with van der Waals surface area (Å²) >= 11 is 0. The highest BCUT2D eigenvalue weighted by atomic mass is 16.5. The van der Waals surface area contributed by atoms with E-state index in [0.29, 0.717) is 11.4 Å². The van der Waals surface area contributed by atoms with Crippen molar-refractivity contribution in [2.24, 2.45) is 0 Å². The van der Waals surface area contributed by atoms with Gasteiger partial charge in [-0.2, -0.15) is 0 Å². The Bertz CT molecular complexity index is 855. The van der Waals surface area contributed by atoms with Crippen molar-refractivity contribution in [3.05, 3.63) is 42.0 Å². The van der Waals surface area contributed by atoms with Crippen molar-refractivity contribution in [1.82, 2.24) is 0 Å². The molecule has 2 amide bonds. The maximum Gasteiger partial charge on any atom is 0.339 e. The van der Waals surface area contributed by atoms with Crippen molar-refractivity contribution in [2.75, 3.05) is 10.6 Å². The van der Waals surface area contributed by atoms with Gasteiger partial charge >= 0.3 is 5.97 Å². The zero-order valence-corrected chi connectivity index (χ0v) is 14.5. The summed E-state index contributed by atoms with van der Waals surface area (Å²) in [6.07, 6.45) is -1.18. The van der Waals surface area contributed by atoms with Crippen molar-refractivity contribution in [3.63, 3.8) is 0 Å². The lowest BCUT2D eigenvalue weighted by molar-refractivity contribution is -0.123. The number of aromatic hydroxyl groups is 3. The standard InChI is InChI=1S/C18H18N2O7/c1-9(27-18(26)11-7-14(22)16(24)15(23)8-11)17(25)20-13-5-3-12(4-6-13)19-10(2)21/h3-9,22-24H,1-2H3,(H,19,21)(H,20,25). The first-order chi connectivity index (χ1) is 12.7. The van der Waals surface area contributed by atoms with Gasteiger partial charge in [-0.3, -0.25) is 9.59 Å². The lowest BCUT2D eigenvalue weighted by Crippen LogP contribution is -2.30. The van der Waals surface area contributed by atoms with Gasteiger partial charge in [0.15, 0.2) is 23.4 Å². The van der Waals surface area contributed by atoms with Gasteiger partial charge < -0.3 is 30.7 Å². The molecule has 0 bridgehead atoms. The van der Waals surface area contributed by atoms with E-state index >= 15 is 0 Å². The van der Waals surface area contributed by atoms with Gasteiger partial charge in [0, 0.05) is 18.3 Å². The fourth-order valence-corrected chi connectivity index (χ4v) is 2.09. The van der Waals surface area contributed by atoms with E-state index in [9.17, 15) is 29.7 Å². The number of nitrogens with one attached hydrogen (secondary N) is 2. The minimum absolute atomic E-state index is 0.223. The number of anilines is 2. The molecular formula is C18H18N2O7. The maximum absolute atomic E-state index is 12.1. The Labute approximate surface area is 154 Å². The number of carbonyl (C=O) groups is 3. The smallest absolute Gasteiger partial charge is 0.339 e. The van der Waals surface area contributed by atoms with Gasteiger partial charge in [-0.05, 0) is 43.3 Å². The minimum atomic E-state index is -1.18. The van der Waals surface area contributed by atoms with E-state index in [-0.39, 0.29) is 11.5 Å². The normalized spacial score (nSPS) is 11.3.